The molecule has 8 nitrogen and oxygen atoms in total. The maximum absolute atomic E-state index is 12.8. The van der Waals surface area contributed by atoms with E-state index in [-0.39, 0.29) is 12.3 Å². The lowest BCUT2D eigenvalue weighted by Gasteiger charge is -2.16. The van der Waals surface area contributed by atoms with E-state index in [4.69, 9.17) is 30.8 Å². The van der Waals surface area contributed by atoms with Crippen molar-refractivity contribution in [1.29, 1.82) is 5.26 Å². The van der Waals surface area contributed by atoms with Crippen molar-refractivity contribution in [2.24, 2.45) is 0 Å². The first-order valence-corrected chi connectivity index (χ1v) is 15.6. The zero-order valence-corrected chi connectivity index (χ0v) is 26.5. The molecular formula is C33H27ClN4O4S2. The van der Waals surface area contributed by atoms with Crippen molar-refractivity contribution in [1.82, 2.24) is 9.97 Å². The molecule has 5 rings (SSSR count). The van der Waals surface area contributed by atoms with E-state index < -0.39 is 0 Å². The number of anilines is 1. The Hall–Kier alpha value is -4.56. The number of carbonyl (C=O) groups excluding carboxylic acids is 1. The molecule has 0 spiro atoms. The number of rotatable bonds is 11. The summed E-state index contributed by atoms with van der Waals surface area (Å²) < 4.78 is 16.6. The number of hydrogen-bond donors (Lipinski definition) is 1. The van der Waals surface area contributed by atoms with Crippen LogP contribution in [0.15, 0.2) is 83.2 Å². The number of halogens is 1. The van der Waals surface area contributed by atoms with Crippen molar-refractivity contribution in [3.63, 3.8) is 0 Å². The van der Waals surface area contributed by atoms with Gasteiger partial charge < -0.3 is 19.5 Å². The van der Waals surface area contributed by atoms with Gasteiger partial charge in [0.15, 0.2) is 16.6 Å². The monoisotopic (exact) mass is 642 g/mol. The van der Waals surface area contributed by atoms with Crippen LogP contribution in [0, 0.1) is 11.3 Å². The minimum atomic E-state index is -0.183. The molecule has 5 aromatic rings. The van der Waals surface area contributed by atoms with Crippen molar-refractivity contribution in [3.05, 3.63) is 88.8 Å². The van der Waals surface area contributed by atoms with Gasteiger partial charge in [-0.1, -0.05) is 54.1 Å². The number of carbonyl (C=O) groups is 1. The molecular weight excluding hydrogens is 616 g/mol. The third-order valence-electron chi connectivity index (χ3n) is 6.60. The molecule has 44 heavy (non-hydrogen) atoms. The molecule has 0 unspecified atom stereocenters. The average Bonchev–Trinajstić information content (AvgIpc) is 3.52. The molecule has 11 heteroatoms. The van der Waals surface area contributed by atoms with Gasteiger partial charge in [0.1, 0.15) is 11.1 Å². The highest BCUT2D eigenvalue weighted by Gasteiger charge is 2.20. The van der Waals surface area contributed by atoms with E-state index in [9.17, 15) is 10.1 Å². The SMILES string of the molecule is COc1cc(-c2cc(-c3ccccc3)nc(SCCC(=O)Nc3nc(-c4ccc(Cl)cc4)cs3)c2C#N)cc(OC)c1OC. The van der Waals surface area contributed by atoms with Crippen molar-refractivity contribution in [2.75, 3.05) is 32.4 Å². The molecule has 0 saturated carbocycles. The molecule has 0 bridgehead atoms. The van der Waals surface area contributed by atoms with Crippen LogP contribution in [0.25, 0.3) is 33.6 Å². The summed E-state index contributed by atoms with van der Waals surface area (Å²) in [4.78, 5) is 22.2. The summed E-state index contributed by atoms with van der Waals surface area (Å²) in [6, 6.07) is 24.9. The summed E-state index contributed by atoms with van der Waals surface area (Å²) in [5, 5.41) is 16.7. The fraction of sp³-hybridized carbons (Fsp3) is 0.152. The smallest absolute Gasteiger partial charge is 0.226 e. The predicted molar refractivity (Wildman–Crippen MR) is 176 cm³/mol. The topological polar surface area (TPSA) is 106 Å². The Labute approximate surface area is 268 Å². The molecule has 1 N–H and O–H groups in total. The fourth-order valence-electron chi connectivity index (χ4n) is 4.46. The Morgan fingerprint density at radius 1 is 0.909 bits per heavy atom. The Bertz CT molecular complexity index is 1800. The van der Waals surface area contributed by atoms with Crippen LogP contribution in [-0.4, -0.2) is 43.0 Å². The Kier molecular flexibility index (Phi) is 10.0. The fourth-order valence-corrected chi connectivity index (χ4v) is 6.27. The number of benzene rings is 3. The first-order chi connectivity index (χ1) is 21.4. The van der Waals surface area contributed by atoms with E-state index in [1.807, 2.05) is 53.9 Å². The highest BCUT2D eigenvalue weighted by molar-refractivity contribution is 7.99. The minimum Gasteiger partial charge on any atom is -0.493 e. The van der Waals surface area contributed by atoms with Crippen molar-refractivity contribution in [3.8, 4) is 57.0 Å². The van der Waals surface area contributed by atoms with Crippen molar-refractivity contribution in [2.45, 2.75) is 11.4 Å². The summed E-state index contributed by atoms with van der Waals surface area (Å²) in [6.07, 6.45) is 0.197. The average molecular weight is 643 g/mol. The number of methoxy groups -OCH3 is 3. The van der Waals surface area contributed by atoms with E-state index >= 15 is 0 Å². The van der Waals surface area contributed by atoms with Crippen LogP contribution in [0.2, 0.25) is 5.02 Å². The lowest BCUT2D eigenvalue weighted by molar-refractivity contribution is -0.115. The summed E-state index contributed by atoms with van der Waals surface area (Å²) in [5.74, 6) is 1.61. The Balaban J connectivity index is 1.40. The van der Waals surface area contributed by atoms with Crippen LogP contribution >= 0.6 is 34.7 Å². The number of amides is 1. The van der Waals surface area contributed by atoms with Crippen LogP contribution in [0.4, 0.5) is 5.13 Å². The van der Waals surface area contributed by atoms with Crippen molar-refractivity contribution < 1.29 is 19.0 Å². The van der Waals surface area contributed by atoms with Gasteiger partial charge in [0.2, 0.25) is 11.7 Å². The molecule has 0 fully saturated rings. The first kappa shape index (κ1) is 30.9. The normalized spacial score (nSPS) is 10.6. The van der Waals surface area contributed by atoms with Gasteiger partial charge in [0.05, 0.1) is 38.3 Å². The van der Waals surface area contributed by atoms with Gasteiger partial charge >= 0.3 is 0 Å². The van der Waals surface area contributed by atoms with Crippen LogP contribution in [0.3, 0.4) is 0 Å². The van der Waals surface area contributed by atoms with Gasteiger partial charge in [-0.05, 0) is 35.9 Å². The highest BCUT2D eigenvalue weighted by Crippen LogP contribution is 2.43. The second-order valence-electron chi connectivity index (χ2n) is 9.32. The molecule has 0 saturated heterocycles. The number of aromatic nitrogens is 2. The van der Waals surface area contributed by atoms with Gasteiger partial charge in [-0.15, -0.1) is 23.1 Å². The van der Waals surface area contributed by atoms with Crippen LogP contribution in [0.1, 0.15) is 12.0 Å². The quantitative estimate of drug-likeness (QED) is 0.144. The standard InChI is InChI=1S/C33H27ClN4O4S2/c1-40-28-15-22(16-29(41-2)31(28)42-3)24-17-26(20-7-5-4-6-8-20)36-32(25(24)18-35)43-14-13-30(39)38-33-37-27(19-44-33)21-9-11-23(34)12-10-21/h4-12,15-17,19H,13-14H2,1-3H3,(H,37,38,39). The lowest BCUT2D eigenvalue weighted by Crippen LogP contribution is -2.12. The van der Waals surface area contributed by atoms with Crippen LogP contribution < -0.4 is 19.5 Å². The first-order valence-electron chi connectivity index (χ1n) is 13.4. The van der Waals surface area contributed by atoms with Crippen molar-refractivity contribution >= 4 is 45.7 Å². The molecule has 222 valence electrons. The molecule has 1 amide bonds. The number of nitriles is 1. The molecule has 2 heterocycles. The molecule has 0 aliphatic rings. The zero-order chi connectivity index (χ0) is 31.1. The maximum Gasteiger partial charge on any atom is 0.226 e. The number of nitrogens with zero attached hydrogens (tertiary/aromatic N) is 3. The molecule has 0 atom stereocenters. The summed E-state index contributed by atoms with van der Waals surface area (Å²) in [5.41, 5.74) is 5.01. The van der Waals surface area contributed by atoms with E-state index in [0.29, 0.717) is 60.6 Å². The molecule has 2 aromatic heterocycles. The second kappa shape index (κ2) is 14.3. The highest BCUT2D eigenvalue weighted by atomic mass is 35.5. The van der Waals surface area contributed by atoms with E-state index in [1.54, 1.807) is 45.6 Å². The van der Waals surface area contributed by atoms with E-state index in [2.05, 4.69) is 16.4 Å². The van der Waals surface area contributed by atoms with Crippen LogP contribution in [-0.2, 0) is 4.79 Å². The molecule has 3 aromatic carbocycles. The Morgan fingerprint density at radius 2 is 1.59 bits per heavy atom. The lowest BCUT2D eigenvalue weighted by atomic mass is 9.98. The van der Waals surface area contributed by atoms with Crippen LogP contribution in [0.5, 0.6) is 17.2 Å². The summed E-state index contributed by atoms with van der Waals surface area (Å²) >= 11 is 8.69. The minimum absolute atomic E-state index is 0.183. The summed E-state index contributed by atoms with van der Waals surface area (Å²) in [6.45, 7) is 0. The van der Waals surface area contributed by atoms with Gasteiger partial charge in [-0.25, -0.2) is 9.97 Å². The number of nitrogens with one attached hydrogen (secondary N) is 1. The second-order valence-corrected chi connectivity index (χ2v) is 11.7. The largest absolute Gasteiger partial charge is 0.493 e. The van der Waals surface area contributed by atoms with Gasteiger partial charge in [-0.2, -0.15) is 5.26 Å². The third-order valence-corrected chi connectivity index (χ3v) is 8.59. The maximum atomic E-state index is 12.8. The van der Waals surface area contributed by atoms with Gasteiger partial charge in [0, 0.05) is 39.3 Å². The zero-order valence-electron chi connectivity index (χ0n) is 24.1. The molecule has 0 aliphatic heterocycles. The molecule has 0 radical (unpaired) electrons. The third kappa shape index (κ3) is 6.97. The number of hydrogen-bond acceptors (Lipinski definition) is 9. The number of ether oxygens (including phenoxy) is 3. The predicted octanol–water partition coefficient (Wildman–Crippen LogP) is 8.21. The summed E-state index contributed by atoms with van der Waals surface area (Å²) in [7, 11) is 4.63. The number of pyridine rings is 1. The van der Waals surface area contributed by atoms with E-state index in [1.165, 1.54) is 23.1 Å². The molecule has 0 aliphatic carbocycles. The Morgan fingerprint density at radius 3 is 2.23 bits per heavy atom. The van der Waals surface area contributed by atoms with E-state index in [0.717, 1.165) is 16.8 Å². The van der Waals surface area contributed by atoms with Gasteiger partial charge in [-0.3, -0.25) is 4.79 Å². The number of thioether (sulfide) groups is 1. The number of thiazole rings is 1. The van der Waals surface area contributed by atoms with Gasteiger partial charge in [0.25, 0.3) is 0 Å².